The molecule has 1 aliphatic rings. The molecule has 0 atom stereocenters. The summed E-state index contributed by atoms with van der Waals surface area (Å²) in [6.07, 6.45) is 4.50. The molecule has 2 rings (SSSR count). The van der Waals surface area contributed by atoms with E-state index in [2.05, 4.69) is 49.5 Å². The Morgan fingerprint density at radius 1 is 1.43 bits per heavy atom. The van der Waals surface area contributed by atoms with Crippen LogP contribution in [0.1, 0.15) is 50.4 Å². The van der Waals surface area contributed by atoms with Crippen molar-refractivity contribution in [2.45, 2.75) is 58.5 Å². The topological polar surface area (TPSA) is 28.2 Å². The fourth-order valence-electron chi connectivity index (χ4n) is 2.66. The predicted molar refractivity (Wildman–Crippen MR) is 91.9 cm³/mol. The molecule has 1 N–H and O–H groups in total. The van der Waals surface area contributed by atoms with Crippen LogP contribution in [0.25, 0.3) is 0 Å². The minimum Gasteiger partial charge on any atom is -0.309 e. The molecule has 0 bridgehead atoms. The van der Waals surface area contributed by atoms with E-state index >= 15 is 0 Å². The van der Waals surface area contributed by atoms with Crippen LogP contribution in [-0.2, 0) is 12.0 Å². The summed E-state index contributed by atoms with van der Waals surface area (Å²) >= 11 is 1.84. The number of likely N-dealkylation sites (tertiary alicyclic amines) is 1. The third-order valence-electron chi connectivity index (χ3n) is 3.84. The molecule has 21 heavy (non-hydrogen) atoms. The second-order valence-corrected chi connectivity index (χ2v) is 8.39. The molecule has 0 radical (unpaired) electrons. The molecular formula is C17H29N3S. The Hall–Kier alpha value is -0.710. The fourth-order valence-corrected chi connectivity index (χ4v) is 3.58. The van der Waals surface area contributed by atoms with Gasteiger partial charge in [-0.3, -0.25) is 4.90 Å². The first-order chi connectivity index (χ1) is 9.84. The average molecular weight is 308 g/mol. The van der Waals surface area contributed by atoms with Crippen molar-refractivity contribution in [3.8, 4) is 0 Å². The Bertz CT molecular complexity index is 465. The van der Waals surface area contributed by atoms with Crippen LogP contribution in [-0.4, -0.2) is 35.6 Å². The van der Waals surface area contributed by atoms with E-state index in [0.717, 1.165) is 13.1 Å². The normalized spacial score (nSPS) is 18.1. The van der Waals surface area contributed by atoms with Crippen LogP contribution in [0.5, 0.6) is 0 Å². The van der Waals surface area contributed by atoms with Gasteiger partial charge in [-0.1, -0.05) is 32.9 Å². The van der Waals surface area contributed by atoms with Gasteiger partial charge in [-0.2, -0.15) is 0 Å². The molecule has 0 spiro atoms. The van der Waals surface area contributed by atoms with Crippen LogP contribution in [0.15, 0.2) is 18.3 Å². The highest BCUT2D eigenvalue weighted by Crippen LogP contribution is 2.26. The van der Waals surface area contributed by atoms with Crippen molar-refractivity contribution in [2.24, 2.45) is 0 Å². The largest absolute Gasteiger partial charge is 0.309 e. The molecule has 1 aromatic rings. The smallest absolute Gasteiger partial charge is 0.0981 e. The van der Waals surface area contributed by atoms with Crippen LogP contribution < -0.4 is 5.32 Å². The molecule has 1 saturated heterocycles. The molecule has 1 fully saturated rings. The third kappa shape index (κ3) is 5.20. The molecular weight excluding hydrogens is 278 g/mol. The first kappa shape index (κ1) is 16.7. The Morgan fingerprint density at radius 2 is 2.10 bits per heavy atom. The lowest BCUT2D eigenvalue weighted by Crippen LogP contribution is -2.42. The quantitative estimate of drug-likeness (QED) is 0.843. The van der Waals surface area contributed by atoms with Crippen molar-refractivity contribution in [3.63, 3.8) is 0 Å². The van der Waals surface area contributed by atoms with E-state index in [0.29, 0.717) is 6.04 Å². The molecule has 0 amide bonds. The summed E-state index contributed by atoms with van der Waals surface area (Å²) in [5.74, 6) is 0. The average Bonchev–Trinajstić information content (AvgIpc) is 2.86. The number of aromatic nitrogens is 1. The highest BCUT2D eigenvalue weighted by molar-refractivity contribution is 7.11. The lowest BCUT2D eigenvalue weighted by Gasteiger charge is -2.32. The van der Waals surface area contributed by atoms with Gasteiger partial charge in [-0.05, 0) is 32.9 Å². The zero-order valence-corrected chi connectivity index (χ0v) is 14.7. The molecule has 0 aliphatic carbocycles. The fraction of sp³-hybridized carbons (Fsp3) is 0.706. The number of thiazole rings is 1. The van der Waals surface area contributed by atoms with Gasteiger partial charge in [0.15, 0.2) is 0 Å². The molecule has 0 saturated carbocycles. The molecule has 4 heteroatoms. The molecule has 3 nitrogen and oxygen atoms in total. The van der Waals surface area contributed by atoms with Crippen molar-refractivity contribution in [2.75, 3.05) is 19.6 Å². The summed E-state index contributed by atoms with van der Waals surface area (Å²) in [6.45, 7) is 17.2. The minimum absolute atomic E-state index is 0.163. The number of nitrogens with zero attached hydrogens (tertiary/aromatic N) is 2. The van der Waals surface area contributed by atoms with E-state index in [9.17, 15) is 0 Å². The van der Waals surface area contributed by atoms with Gasteiger partial charge in [0.1, 0.15) is 0 Å². The maximum absolute atomic E-state index is 4.56. The zero-order valence-electron chi connectivity index (χ0n) is 13.9. The molecule has 118 valence electrons. The summed E-state index contributed by atoms with van der Waals surface area (Å²) in [6, 6.07) is 0.645. The van der Waals surface area contributed by atoms with E-state index in [1.54, 1.807) is 0 Å². The molecule has 2 heterocycles. The summed E-state index contributed by atoms with van der Waals surface area (Å²) in [7, 11) is 0. The molecule has 1 aliphatic heterocycles. The predicted octanol–water partition coefficient (Wildman–Crippen LogP) is 3.57. The van der Waals surface area contributed by atoms with Gasteiger partial charge in [0.05, 0.1) is 5.01 Å². The van der Waals surface area contributed by atoms with E-state index in [1.807, 2.05) is 17.5 Å². The first-order valence-electron chi connectivity index (χ1n) is 7.90. The molecule has 1 aromatic heterocycles. The van der Waals surface area contributed by atoms with Crippen molar-refractivity contribution in [1.29, 1.82) is 0 Å². The number of rotatable bonds is 5. The summed E-state index contributed by atoms with van der Waals surface area (Å²) in [5, 5.41) is 4.93. The highest BCUT2D eigenvalue weighted by atomic mass is 32.1. The number of hydrogen-bond acceptors (Lipinski definition) is 4. The van der Waals surface area contributed by atoms with Gasteiger partial charge in [0, 0.05) is 35.6 Å². The lowest BCUT2D eigenvalue weighted by atomic mass is 9.98. The molecule has 0 unspecified atom stereocenters. The maximum Gasteiger partial charge on any atom is 0.0981 e. The van der Waals surface area contributed by atoms with Crippen molar-refractivity contribution >= 4 is 11.3 Å². The second kappa shape index (κ2) is 7.03. The van der Waals surface area contributed by atoms with E-state index in [-0.39, 0.29) is 5.41 Å². The maximum atomic E-state index is 4.56. The van der Waals surface area contributed by atoms with E-state index < -0.39 is 0 Å². The minimum atomic E-state index is 0.163. The SMILES string of the molecule is C=C(C)CN1CCC(NCc2cnc(C(C)(C)C)s2)CC1. The summed E-state index contributed by atoms with van der Waals surface area (Å²) < 4.78 is 0. The van der Waals surface area contributed by atoms with E-state index in [4.69, 9.17) is 0 Å². The number of nitrogens with one attached hydrogen (secondary N) is 1. The van der Waals surface area contributed by atoms with Crippen LogP contribution in [0.3, 0.4) is 0 Å². The standard InChI is InChI=1S/C17H29N3S/c1-13(2)12-20-8-6-14(7-9-20)18-10-15-11-19-16(21-15)17(3,4)5/h11,14,18H,1,6-10,12H2,2-5H3. The van der Waals surface area contributed by atoms with Crippen LogP contribution in [0.4, 0.5) is 0 Å². The van der Waals surface area contributed by atoms with E-state index in [1.165, 1.54) is 41.4 Å². The van der Waals surface area contributed by atoms with Gasteiger partial charge < -0.3 is 5.32 Å². The zero-order chi connectivity index (χ0) is 15.5. The van der Waals surface area contributed by atoms with Crippen LogP contribution in [0, 0.1) is 0 Å². The van der Waals surface area contributed by atoms with Gasteiger partial charge in [-0.15, -0.1) is 11.3 Å². The first-order valence-corrected chi connectivity index (χ1v) is 8.71. The number of hydrogen-bond donors (Lipinski definition) is 1. The monoisotopic (exact) mass is 307 g/mol. The van der Waals surface area contributed by atoms with Crippen molar-refractivity contribution in [1.82, 2.24) is 15.2 Å². The van der Waals surface area contributed by atoms with Gasteiger partial charge in [0.2, 0.25) is 0 Å². The summed E-state index contributed by atoms with van der Waals surface area (Å²) in [4.78, 5) is 8.41. The van der Waals surface area contributed by atoms with Crippen LogP contribution >= 0.6 is 11.3 Å². The number of piperidine rings is 1. The summed E-state index contributed by atoms with van der Waals surface area (Å²) in [5.41, 5.74) is 1.43. The van der Waals surface area contributed by atoms with Gasteiger partial charge >= 0.3 is 0 Å². The van der Waals surface area contributed by atoms with Crippen LogP contribution in [0.2, 0.25) is 0 Å². The highest BCUT2D eigenvalue weighted by Gasteiger charge is 2.20. The Kier molecular flexibility index (Phi) is 5.58. The van der Waals surface area contributed by atoms with Crippen molar-refractivity contribution < 1.29 is 0 Å². The second-order valence-electron chi connectivity index (χ2n) is 7.27. The van der Waals surface area contributed by atoms with Crippen molar-refractivity contribution in [3.05, 3.63) is 28.2 Å². The van der Waals surface area contributed by atoms with Gasteiger partial charge in [-0.25, -0.2) is 4.98 Å². The lowest BCUT2D eigenvalue weighted by molar-refractivity contribution is 0.211. The Labute approximate surface area is 133 Å². The Morgan fingerprint density at radius 3 is 2.62 bits per heavy atom. The molecule has 0 aromatic carbocycles. The van der Waals surface area contributed by atoms with Gasteiger partial charge in [0.25, 0.3) is 0 Å². The Balaban J connectivity index is 1.75. The third-order valence-corrected chi connectivity index (χ3v) is 5.26.